The molecular formula is C15H26N2O3. The first kappa shape index (κ1) is 15.3. The Bertz CT molecular complexity index is 381. The fourth-order valence-corrected chi connectivity index (χ4v) is 3.57. The molecule has 1 saturated carbocycles. The van der Waals surface area contributed by atoms with E-state index in [2.05, 4.69) is 0 Å². The van der Waals surface area contributed by atoms with Crippen molar-refractivity contribution in [2.75, 3.05) is 13.1 Å². The summed E-state index contributed by atoms with van der Waals surface area (Å²) in [5, 5.41) is 9.38. The lowest BCUT2D eigenvalue weighted by molar-refractivity contribution is -0.156. The smallest absolute Gasteiger partial charge is 0.309 e. The monoisotopic (exact) mass is 282 g/mol. The molecule has 2 fully saturated rings. The van der Waals surface area contributed by atoms with Crippen LogP contribution in [0, 0.1) is 5.41 Å². The summed E-state index contributed by atoms with van der Waals surface area (Å²) >= 11 is 0. The van der Waals surface area contributed by atoms with E-state index in [0.29, 0.717) is 32.4 Å². The van der Waals surface area contributed by atoms with Gasteiger partial charge in [-0.3, -0.25) is 9.59 Å². The largest absolute Gasteiger partial charge is 0.481 e. The molecule has 5 nitrogen and oxygen atoms in total. The molecule has 1 saturated heterocycles. The minimum atomic E-state index is -0.729. The molecule has 114 valence electrons. The molecule has 3 N–H and O–H groups in total. The van der Waals surface area contributed by atoms with Gasteiger partial charge in [-0.1, -0.05) is 26.2 Å². The molecule has 5 heteroatoms. The van der Waals surface area contributed by atoms with Gasteiger partial charge in [-0.05, 0) is 32.1 Å². The number of amides is 1. The molecule has 1 amide bonds. The highest BCUT2D eigenvalue weighted by Crippen LogP contribution is 2.36. The summed E-state index contributed by atoms with van der Waals surface area (Å²) in [5.74, 6) is -0.695. The quantitative estimate of drug-likeness (QED) is 0.826. The van der Waals surface area contributed by atoms with Gasteiger partial charge in [-0.2, -0.15) is 0 Å². The minimum Gasteiger partial charge on any atom is -0.481 e. The second kappa shape index (κ2) is 5.72. The maximum absolute atomic E-state index is 12.6. The molecule has 20 heavy (non-hydrogen) atoms. The summed E-state index contributed by atoms with van der Waals surface area (Å²) in [4.78, 5) is 25.8. The number of likely N-dealkylation sites (tertiary alicyclic amines) is 1. The standard InChI is InChI=1S/C15H26N2O3/c1-2-14(13(19)20)8-10-17(11-9-14)12(18)15(16)6-4-3-5-7-15/h2-11,16H2,1H3,(H,19,20). The maximum Gasteiger partial charge on any atom is 0.309 e. The van der Waals surface area contributed by atoms with Gasteiger partial charge >= 0.3 is 5.97 Å². The lowest BCUT2D eigenvalue weighted by Crippen LogP contribution is -2.58. The molecule has 0 bridgehead atoms. The molecule has 0 aromatic rings. The average molecular weight is 282 g/mol. The highest BCUT2D eigenvalue weighted by Gasteiger charge is 2.44. The molecule has 2 aliphatic rings. The van der Waals surface area contributed by atoms with Crippen molar-refractivity contribution in [3.8, 4) is 0 Å². The van der Waals surface area contributed by atoms with Crippen LogP contribution in [0.4, 0.5) is 0 Å². The maximum atomic E-state index is 12.6. The van der Waals surface area contributed by atoms with Crippen LogP contribution in [0.1, 0.15) is 58.3 Å². The van der Waals surface area contributed by atoms with Crippen LogP contribution in [0.5, 0.6) is 0 Å². The zero-order valence-electron chi connectivity index (χ0n) is 12.4. The van der Waals surface area contributed by atoms with E-state index in [1.165, 1.54) is 0 Å². The minimum absolute atomic E-state index is 0.0345. The number of hydrogen-bond acceptors (Lipinski definition) is 3. The van der Waals surface area contributed by atoms with E-state index >= 15 is 0 Å². The first-order valence-electron chi connectivity index (χ1n) is 7.75. The number of rotatable bonds is 3. The van der Waals surface area contributed by atoms with Gasteiger partial charge in [0.25, 0.3) is 0 Å². The van der Waals surface area contributed by atoms with E-state index in [4.69, 9.17) is 5.73 Å². The number of carboxylic acid groups (broad SMARTS) is 1. The Balaban J connectivity index is 1.99. The highest BCUT2D eigenvalue weighted by molar-refractivity contribution is 5.86. The molecule has 0 spiro atoms. The van der Waals surface area contributed by atoms with Crippen LogP contribution in [-0.2, 0) is 9.59 Å². The number of carbonyl (C=O) groups excluding carboxylic acids is 1. The first-order valence-corrected chi connectivity index (χ1v) is 7.75. The van der Waals surface area contributed by atoms with E-state index in [1.54, 1.807) is 4.90 Å². The third-order valence-electron chi connectivity index (χ3n) is 5.31. The van der Waals surface area contributed by atoms with Crippen molar-refractivity contribution in [1.29, 1.82) is 0 Å². The van der Waals surface area contributed by atoms with E-state index in [1.807, 2.05) is 6.92 Å². The SMILES string of the molecule is CCC1(C(=O)O)CCN(C(=O)C2(N)CCCCC2)CC1. The van der Waals surface area contributed by atoms with Gasteiger partial charge in [-0.15, -0.1) is 0 Å². The van der Waals surface area contributed by atoms with Crippen molar-refractivity contribution in [2.45, 2.75) is 63.8 Å². The van der Waals surface area contributed by atoms with Crippen LogP contribution >= 0.6 is 0 Å². The fourth-order valence-electron chi connectivity index (χ4n) is 3.57. The molecule has 1 aliphatic heterocycles. The topological polar surface area (TPSA) is 83.6 Å². The summed E-state index contributed by atoms with van der Waals surface area (Å²) in [6.45, 7) is 2.97. The Hall–Kier alpha value is -1.10. The third kappa shape index (κ3) is 2.68. The molecule has 2 rings (SSSR count). The number of hydrogen-bond donors (Lipinski definition) is 2. The predicted octanol–water partition coefficient (Wildman–Crippen LogP) is 1.75. The van der Waals surface area contributed by atoms with Gasteiger partial charge in [0.1, 0.15) is 0 Å². The molecule has 1 aliphatic carbocycles. The summed E-state index contributed by atoms with van der Waals surface area (Å²) in [7, 11) is 0. The lowest BCUT2D eigenvalue weighted by atomic mass is 9.75. The zero-order valence-corrected chi connectivity index (χ0v) is 12.4. The van der Waals surface area contributed by atoms with Crippen molar-refractivity contribution in [3.05, 3.63) is 0 Å². The molecule has 0 unspecified atom stereocenters. The zero-order chi connectivity index (χ0) is 14.8. The second-order valence-corrected chi connectivity index (χ2v) is 6.45. The Kier molecular flexibility index (Phi) is 4.37. The summed E-state index contributed by atoms with van der Waals surface area (Å²) < 4.78 is 0. The Labute approximate surface area is 120 Å². The van der Waals surface area contributed by atoms with Crippen molar-refractivity contribution < 1.29 is 14.7 Å². The molecule has 0 radical (unpaired) electrons. The van der Waals surface area contributed by atoms with Gasteiger partial charge < -0.3 is 15.7 Å². The van der Waals surface area contributed by atoms with E-state index in [9.17, 15) is 14.7 Å². The highest BCUT2D eigenvalue weighted by atomic mass is 16.4. The van der Waals surface area contributed by atoms with Crippen molar-refractivity contribution in [2.24, 2.45) is 11.1 Å². The number of carboxylic acids is 1. The molecular weight excluding hydrogens is 256 g/mol. The average Bonchev–Trinajstić information content (AvgIpc) is 2.47. The summed E-state index contributed by atoms with van der Waals surface area (Å²) in [6, 6.07) is 0. The number of carbonyl (C=O) groups is 2. The van der Waals surface area contributed by atoms with Crippen LogP contribution in [-0.4, -0.2) is 40.5 Å². The van der Waals surface area contributed by atoms with Crippen LogP contribution in [0.25, 0.3) is 0 Å². The number of nitrogens with zero attached hydrogens (tertiary/aromatic N) is 1. The van der Waals surface area contributed by atoms with Gasteiger partial charge in [0.05, 0.1) is 11.0 Å². The third-order valence-corrected chi connectivity index (χ3v) is 5.31. The molecule has 0 atom stereocenters. The predicted molar refractivity (Wildman–Crippen MR) is 76.2 cm³/mol. The second-order valence-electron chi connectivity index (χ2n) is 6.45. The molecule has 1 heterocycles. The van der Waals surface area contributed by atoms with Gasteiger partial charge in [0.15, 0.2) is 0 Å². The van der Waals surface area contributed by atoms with Crippen molar-refractivity contribution in [1.82, 2.24) is 4.90 Å². The van der Waals surface area contributed by atoms with Crippen LogP contribution in [0.15, 0.2) is 0 Å². The van der Waals surface area contributed by atoms with Crippen LogP contribution in [0.2, 0.25) is 0 Å². The Morgan fingerprint density at radius 1 is 1.10 bits per heavy atom. The Morgan fingerprint density at radius 2 is 1.65 bits per heavy atom. The van der Waals surface area contributed by atoms with Gasteiger partial charge in [0, 0.05) is 13.1 Å². The summed E-state index contributed by atoms with van der Waals surface area (Å²) in [6.07, 6.45) is 6.43. The fraction of sp³-hybridized carbons (Fsp3) is 0.867. The number of piperidine rings is 1. The first-order chi connectivity index (χ1) is 9.43. The normalized spacial score (nSPS) is 25.2. The molecule has 0 aromatic carbocycles. The van der Waals surface area contributed by atoms with Crippen molar-refractivity contribution in [3.63, 3.8) is 0 Å². The lowest BCUT2D eigenvalue weighted by Gasteiger charge is -2.42. The number of aliphatic carboxylic acids is 1. The van der Waals surface area contributed by atoms with Crippen LogP contribution < -0.4 is 5.73 Å². The molecule has 0 aromatic heterocycles. The Morgan fingerprint density at radius 3 is 2.10 bits per heavy atom. The van der Waals surface area contributed by atoms with E-state index in [-0.39, 0.29) is 5.91 Å². The van der Waals surface area contributed by atoms with E-state index < -0.39 is 16.9 Å². The van der Waals surface area contributed by atoms with E-state index in [0.717, 1.165) is 32.1 Å². The van der Waals surface area contributed by atoms with Gasteiger partial charge in [-0.25, -0.2) is 0 Å². The summed E-state index contributed by atoms with van der Waals surface area (Å²) in [5.41, 5.74) is 4.94. The van der Waals surface area contributed by atoms with Gasteiger partial charge in [0.2, 0.25) is 5.91 Å². The number of nitrogens with two attached hydrogens (primary N) is 1. The van der Waals surface area contributed by atoms with Crippen molar-refractivity contribution >= 4 is 11.9 Å². The van der Waals surface area contributed by atoms with Crippen LogP contribution in [0.3, 0.4) is 0 Å².